The van der Waals surface area contributed by atoms with E-state index in [-0.39, 0.29) is 26.4 Å². The number of ether oxygens (including phenoxy) is 3. The second-order valence-corrected chi connectivity index (χ2v) is 13.3. The second-order valence-electron chi connectivity index (χ2n) is 7.44. The molecule has 0 bridgehead atoms. The normalized spacial score (nSPS) is 15.4. The topological polar surface area (TPSA) is 139 Å². The number of hydrogen-bond donors (Lipinski definition) is 0. The Morgan fingerprint density at radius 3 is 1.12 bits per heavy atom. The van der Waals surface area contributed by atoms with Crippen LogP contribution in [-0.2, 0) is 63.3 Å². The van der Waals surface area contributed by atoms with Gasteiger partial charge in [0.2, 0.25) is 0 Å². The molecule has 0 aromatic heterocycles. The van der Waals surface area contributed by atoms with Crippen LogP contribution in [0.2, 0.25) is 12.7 Å². The molecule has 0 amide bonds. The van der Waals surface area contributed by atoms with Gasteiger partial charge in [-0.25, -0.2) is 0 Å². The second kappa shape index (κ2) is 15.1. The van der Waals surface area contributed by atoms with Crippen molar-refractivity contribution in [3.8, 4) is 0 Å². The molecule has 0 rings (SSSR count). The van der Waals surface area contributed by atoms with E-state index in [2.05, 4.69) is 0 Å². The predicted molar refractivity (Wildman–Crippen MR) is 114 cm³/mol. The molecule has 33 heavy (non-hydrogen) atoms. The summed E-state index contributed by atoms with van der Waals surface area (Å²) in [4.78, 5) is 77.9. The molecule has 3 atom stereocenters. The quantitative estimate of drug-likeness (QED) is 0.101. The first kappa shape index (κ1) is 31.1. The average Bonchev–Trinajstić information content (AvgIpc) is 2.68. The van der Waals surface area contributed by atoms with Crippen molar-refractivity contribution < 1.29 is 63.3 Å². The molecule has 188 valence electrons. The number of ketones is 3. The Labute approximate surface area is 198 Å². The summed E-state index contributed by atoms with van der Waals surface area (Å²) in [7, 11) is 0. The summed E-state index contributed by atoms with van der Waals surface area (Å²) in [5, 5.41) is 0. The summed E-state index contributed by atoms with van der Waals surface area (Å²) in [5.74, 6) is -5.45. The first-order chi connectivity index (χ1) is 15.5. The van der Waals surface area contributed by atoms with Crippen molar-refractivity contribution in [1.29, 1.82) is 0 Å². The molecule has 0 aliphatic carbocycles. The van der Waals surface area contributed by atoms with Crippen LogP contribution in [-0.4, -0.2) is 61.7 Å². The molecule has 0 aliphatic heterocycles. The van der Waals surface area contributed by atoms with Gasteiger partial charge in [0.1, 0.15) is 0 Å². The Morgan fingerprint density at radius 1 is 0.606 bits per heavy atom. The zero-order valence-electron chi connectivity index (χ0n) is 20.6. The Bertz CT molecular complexity index is 644. The minimum atomic E-state index is -5.43. The van der Waals surface area contributed by atoms with Crippen molar-refractivity contribution >= 4 is 35.3 Å². The minimum absolute atomic E-state index is 0.0773. The fourth-order valence-corrected chi connectivity index (χ4v) is 12.0. The molecule has 10 nitrogen and oxygen atoms in total. The molecule has 0 heterocycles. The van der Waals surface area contributed by atoms with Gasteiger partial charge in [0.05, 0.1) is 0 Å². The summed E-state index contributed by atoms with van der Waals surface area (Å²) < 4.78 is 16.2. The van der Waals surface area contributed by atoms with Crippen molar-refractivity contribution in [1.82, 2.24) is 0 Å². The van der Waals surface area contributed by atoms with Gasteiger partial charge in [-0.05, 0) is 0 Å². The molecule has 0 aromatic carbocycles. The van der Waals surface area contributed by atoms with Gasteiger partial charge < -0.3 is 0 Å². The summed E-state index contributed by atoms with van der Waals surface area (Å²) in [6.45, 7) is 9.24. The van der Waals surface area contributed by atoms with E-state index in [1.165, 1.54) is 20.8 Å². The molecule has 0 saturated carbocycles. The maximum absolute atomic E-state index is 13.1. The van der Waals surface area contributed by atoms with Gasteiger partial charge in [-0.1, -0.05) is 0 Å². The summed E-state index contributed by atoms with van der Waals surface area (Å²) >= 11 is -5.43. The van der Waals surface area contributed by atoms with Crippen molar-refractivity contribution in [2.24, 2.45) is 0 Å². The van der Waals surface area contributed by atoms with Crippen LogP contribution in [0.25, 0.3) is 0 Å². The van der Waals surface area contributed by atoms with Gasteiger partial charge in [-0.2, -0.15) is 0 Å². The van der Waals surface area contributed by atoms with Gasteiger partial charge in [-0.3, -0.25) is 0 Å². The Morgan fingerprint density at radius 2 is 0.909 bits per heavy atom. The van der Waals surface area contributed by atoms with E-state index in [4.69, 9.17) is 17.5 Å². The first-order valence-corrected chi connectivity index (χ1v) is 14.5. The summed E-state index contributed by atoms with van der Waals surface area (Å²) in [6.07, 6.45) is 1.07. The molecule has 3 unspecified atom stereocenters. The van der Waals surface area contributed by atoms with E-state index < -0.39 is 64.9 Å². The number of rotatable bonds is 16. The predicted octanol–water partition coefficient (Wildman–Crippen LogP) is 2.69. The van der Waals surface area contributed by atoms with E-state index in [1.54, 1.807) is 0 Å². The molecular weight excluding hydrogens is 472 g/mol. The van der Waals surface area contributed by atoms with Crippen LogP contribution in [0.1, 0.15) is 61.3 Å². The van der Waals surface area contributed by atoms with Crippen LogP contribution in [0, 0.1) is 0 Å². The summed E-state index contributed by atoms with van der Waals surface area (Å²) in [6, 6.07) is 0. The van der Waals surface area contributed by atoms with E-state index in [0.717, 1.165) is 20.8 Å². The fraction of sp³-hybridized carbons (Fsp3) is 0.727. The Hall–Kier alpha value is -1.91. The molecule has 0 fully saturated rings. The molecule has 0 aliphatic rings. The molecule has 11 heteroatoms. The Kier molecular flexibility index (Phi) is 14.2. The maximum atomic E-state index is 13.1. The molecule has 0 aromatic rings. The van der Waals surface area contributed by atoms with Crippen molar-refractivity contribution in [3.63, 3.8) is 0 Å². The van der Waals surface area contributed by atoms with Crippen LogP contribution in [0.3, 0.4) is 0 Å². The first-order valence-electron chi connectivity index (χ1n) is 11.1. The molecule has 0 N–H and O–H groups in total. The standard InChI is InChI=1S/3C6H9O3.C4H9O.Ti/c3*1-3-9-6(8)4-5(2)7;1-2-3-4-5;/h3*4H,3H2,1-2H3;2-4H2,1H3;/q;;;-1;+1. The zero-order valence-corrected chi connectivity index (χ0v) is 22.1. The molecule has 0 radical (unpaired) electrons. The summed E-state index contributed by atoms with van der Waals surface area (Å²) in [5.41, 5.74) is 0. The SMILES string of the molecule is CCCC[O][Ti]([CH](C(C)=O)C(=O)OCC)([CH](C(C)=O)C(=O)OCC)[CH](C(C)=O)C(=O)OCC. The van der Waals surface area contributed by atoms with Crippen LogP contribution >= 0.6 is 0 Å². The third kappa shape index (κ3) is 7.83. The Balaban J connectivity index is 7.53. The number of hydrogen-bond acceptors (Lipinski definition) is 10. The van der Waals surface area contributed by atoms with Crippen LogP contribution in [0.15, 0.2) is 0 Å². The van der Waals surface area contributed by atoms with E-state index >= 15 is 0 Å². The average molecular weight is 508 g/mol. The molecule has 0 saturated heterocycles. The van der Waals surface area contributed by atoms with E-state index in [0.29, 0.717) is 12.8 Å². The van der Waals surface area contributed by atoms with Gasteiger partial charge in [0, 0.05) is 0 Å². The third-order valence-electron chi connectivity index (χ3n) is 4.99. The number of unbranched alkanes of at least 4 members (excludes halogenated alkanes) is 1. The third-order valence-corrected chi connectivity index (χ3v) is 13.3. The van der Waals surface area contributed by atoms with Gasteiger partial charge in [0.25, 0.3) is 0 Å². The van der Waals surface area contributed by atoms with Crippen LogP contribution < -0.4 is 0 Å². The molecular formula is C22H36O10Ti. The van der Waals surface area contributed by atoms with E-state index in [1.807, 2.05) is 6.92 Å². The number of carbonyl (C=O) groups excluding carboxylic acids is 6. The van der Waals surface area contributed by atoms with Crippen molar-refractivity contribution in [3.05, 3.63) is 0 Å². The van der Waals surface area contributed by atoms with Crippen molar-refractivity contribution in [2.75, 3.05) is 26.4 Å². The van der Waals surface area contributed by atoms with Crippen LogP contribution in [0.4, 0.5) is 0 Å². The van der Waals surface area contributed by atoms with Gasteiger partial charge in [0.15, 0.2) is 0 Å². The molecule has 0 spiro atoms. The van der Waals surface area contributed by atoms with Gasteiger partial charge >= 0.3 is 199 Å². The van der Waals surface area contributed by atoms with Crippen molar-refractivity contribution in [2.45, 2.75) is 74.0 Å². The number of esters is 3. The number of Topliss-reactive ketones (excluding diaryl/α,β-unsaturated/α-hetero) is 3. The fourth-order valence-electron chi connectivity index (χ4n) is 3.82. The number of carbonyl (C=O) groups is 6. The van der Waals surface area contributed by atoms with E-state index in [9.17, 15) is 28.8 Å². The monoisotopic (exact) mass is 508 g/mol. The van der Waals surface area contributed by atoms with Gasteiger partial charge in [-0.15, -0.1) is 0 Å². The van der Waals surface area contributed by atoms with Crippen LogP contribution in [0.5, 0.6) is 0 Å². The zero-order chi connectivity index (χ0) is 25.8.